The van der Waals surface area contributed by atoms with Crippen LogP contribution < -0.4 is 5.32 Å². The first-order valence-corrected chi connectivity index (χ1v) is 7.77. The lowest BCUT2D eigenvalue weighted by Crippen LogP contribution is -2.62. The van der Waals surface area contributed by atoms with Gasteiger partial charge in [-0.3, -0.25) is 4.79 Å². The number of piperazine rings is 1. The quantitative estimate of drug-likeness (QED) is 0.860. The van der Waals surface area contributed by atoms with Crippen molar-refractivity contribution in [2.75, 3.05) is 13.1 Å². The van der Waals surface area contributed by atoms with E-state index in [9.17, 15) is 4.79 Å². The molecule has 116 valence electrons. The molecule has 0 saturated carbocycles. The van der Waals surface area contributed by atoms with E-state index in [-0.39, 0.29) is 22.9 Å². The number of benzene rings is 1. The molecule has 1 fully saturated rings. The summed E-state index contributed by atoms with van der Waals surface area (Å²) in [7, 11) is 0. The van der Waals surface area contributed by atoms with Gasteiger partial charge in [-0.15, -0.1) is 0 Å². The second-order valence-electron chi connectivity index (χ2n) is 7.87. The van der Waals surface area contributed by atoms with Gasteiger partial charge < -0.3 is 10.2 Å². The molecule has 2 rings (SSSR count). The van der Waals surface area contributed by atoms with Crippen molar-refractivity contribution in [3.05, 3.63) is 35.4 Å². The van der Waals surface area contributed by atoms with Crippen molar-refractivity contribution in [3.8, 4) is 0 Å². The Labute approximate surface area is 128 Å². The molecule has 1 heterocycles. The number of nitrogens with one attached hydrogen (secondary N) is 1. The molecular weight excluding hydrogens is 260 g/mol. The van der Waals surface area contributed by atoms with Crippen LogP contribution in [0.5, 0.6) is 0 Å². The maximum Gasteiger partial charge on any atom is 0.254 e. The van der Waals surface area contributed by atoms with E-state index < -0.39 is 0 Å². The first-order valence-electron chi connectivity index (χ1n) is 7.77. The Morgan fingerprint density at radius 1 is 1.24 bits per heavy atom. The number of amides is 1. The third-order valence-electron chi connectivity index (χ3n) is 4.23. The van der Waals surface area contributed by atoms with Crippen molar-refractivity contribution in [1.82, 2.24) is 10.2 Å². The molecule has 0 radical (unpaired) electrons. The van der Waals surface area contributed by atoms with Crippen molar-refractivity contribution >= 4 is 5.91 Å². The van der Waals surface area contributed by atoms with Crippen molar-refractivity contribution in [1.29, 1.82) is 0 Å². The van der Waals surface area contributed by atoms with Gasteiger partial charge in [0.2, 0.25) is 0 Å². The molecule has 1 unspecified atom stereocenters. The van der Waals surface area contributed by atoms with Crippen LogP contribution in [0.3, 0.4) is 0 Å². The lowest BCUT2D eigenvalue weighted by molar-refractivity contribution is 0.0533. The maximum atomic E-state index is 12.8. The highest BCUT2D eigenvalue weighted by molar-refractivity contribution is 5.94. The van der Waals surface area contributed by atoms with Gasteiger partial charge in [-0.25, -0.2) is 0 Å². The molecule has 1 N–H and O–H groups in total. The summed E-state index contributed by atoms with van der Waals surface area (Å²) in [4.78, 5) is 14.7. The summed E-state index contributed by atoms with van der Waals surface area (Å²) >= 11 is 0. The van der Waals surface area contributed by atoms with E-state index in [4.69, 9.17) is 0 Å². The van der Waals surface area contributed by atoms with Gasteiger partial charge in [-0.1, -0.05) is 32.9 Å². The van der Waals surface area contributed by atoms with Crippen molar-refractivity contribution < 1.29 is 4.79 Å². The van der Waals surface area contributed by atoms with Crippen LogP contribution in [0.15, 0.2) is 24.3 Å². The van der Waals surface area contributed by atoms with Crippen LogP contribution in [-0.4, -0.2) is 35.5 Å². The lowest BCUT2D eigenvalue weighted by Gasteiger charge is -2.43. The minimum absolute atomic E-state index is 0.0203. The van der Waals surface area contributed by atoms with Crippen LogP contribution in [-0.2, 0) is 5.41 Å². The van der Waals surface area contributed by atoms with E-state index >= 15 is 0 Å². The molecule has 1 saturated heterocycles. The number of hydrogen-bond acceptors (Lipinski definition) is 2. The van der Waals surface area contributed by atoms with Gasteiger partial charge in [-0.2, -0.15) is 0 Å². The van der Waals surface area contributed by atoms with E-state index in [1.54, 1.807) is 0 Å². The van der Waals surface area contributed by atoms with E-state index in [1.165, 1.54) is 5.56 Å². The summed E-state index contributed by atoms with van der Waals surface area (Å²) in [5.41, 5.74) is 2.14. The molecule has 0 bridgehead atoms. The number of rotatable bonds is 1. The number of carbonyl (C=O) groups is 1. The fourth-order valence-electron chi connectivity index (χ4n) is 2.72. The molecule has 0 aliphatic carbocycles. The van der Waals surface area contributed by atoms with E-state index in [0.717, 1.165) is 18.7 Å². The zero-order valence-corrected chi connectivity index (χ0v) is 14.2. The molecule has 1 amide bonds. The largest absolute Gasteiger partial charge is 0.333 e. The molecule has 0 aromatic heterocycles. The third kappa shape index (κ3) is 3.65. The minimum Gasteiger partial charge on any atom is -0.333 e. The fraction of sp³-hybridized carbons (Fsp3) is 0.611. The van der Waals surface area contributed by atoms with Crippen LogP contribution >= 0.6 is 0 Å². The maximum absolute atomic E-state index is 12.8. The Bertz CT molecular complexity index is 511. The minimum atomic E-state index is -0.0203. The molecule has 3 nitrogen and oxygen atoms in total. The highest BCUT2D eigenvalue weighted by Crippen LogP contribution is 2.23. The van der Waals surface area contributed by atoms with Gasteiger partial charge in [0.25, 0.3) is 5.91 Å². The van der Waals surface area contributed by atoms with Crippen LogP contribution in [0.25, 0.3) is 0 Å². The van der Waals surface area contributed by atoms with Gasteiger partial charge in [0, 0.05) is 30.2 Å². The van der Waals surface area contributed by atoms with Gasteiger partial charge in [0.1, 0.15) is 0 Å². The fourth-order valence-corrected chi connectivity index (χ4v) is 2.72. The van der Waals surface area contributed by atoms with Crippen molar-refractivity contribution in [3.63, 3.8) is 0 Å². The Balaban J connectivity index is 2.19. The second-order valence-corrected chi connectivity index (χ2v) is 7.87. The molecule has 1 aromatic carbocycles. The standard InChI is InChI=1S/C18H28N2O/c1-13-11-19-18(5,6)12-20(13)16(21)14-7-9-15(10-8-14)17(2,3)4/h7-10,13,19H,11-12H2,1-6H3. The number of hydrogen-bond donors (Lipinski definition) is 1. The molecule has 1 atom stereocenters. The van der Waals surface area contributed by atoms with Gasteiger partial charge >= 0.3 is 0 Å². The zero-order valence-electron chi connectivity index (χ0n) is 14.2. The third-order valence-corrected chi connectivity index (χ3v) is 4.23. The van der Waals surface area contributed by atoms with Gasteiger partial charge in [0.15, 0.2) is 0 Å². The van der Waals surface area contributed by atoms with Crippen molar-refractivity contribution in [2.45, 2.75) is 58.5 Å². The summed E-state index contributed by atoms with van der Waals surface area (Å²) in [6, 6.07) is 8.30. The molecule has 3 heteroatoms. The molecular formula is C18H28N2O. The molecule has 1 aliphatic rings. The number of nitrogens with zero attached hydrogens (tertiary/aromatic N) is 1. The van der Waals surface area contributed by atoms with E-state index in [2.05, 4.69) is 59.0 Å². The monoisotopic (exact) mass is 288 g/mol. The smallest absolute Gasteiger partial charge is 0.254 e. The Kier molecular flexibility index (Phi) is 4.16. The molecule has 21 heavy (non-hydrogen) atoms. The highest BCUT2D eigenvalue weighted by atomic mass is 16.2. The summed E-state index contributed by atoms with van der Waals surface area (Å²) in [5, 5.41) is 3.48. The van der Waals surface area contributed by atoms with E-state index in [1.807, 2.05) is 17.0 Å². The topological polar surface area (TPSA) is 32.3 Å². The Morgan fingerprint density at radius 3 is 2.33 bits per heavy atom. The zero-order chi connectivity index (χ0) is 15.8. The van der Waals surface area contributed by atoms with E-state index in [0.29, 0.717) is 0 Å². The summed E-state index contributed by atoms with van der Waals surface area (Å²) in [5.74, 6) is 0.137. The SMILES string of the molecule is CC1CNC(C)(C)CN1C(=O)c1ccc(C(C)(C)C)cc1. The van der Waals surface area contributed by atoms with Gasteiger partial charge in [-0.05, 0) is 43.9 Å². The molecule has 0 spiro atoms. The molecule has 1 aromatic rings. The summed E-state index contributed by atoms with van der Waals surface area (Å²) in [6.45, 7) is 14.5. The Hall–Kier alpha value is -1.35. The molecule has 1 aliphatic heterocycles. The normalized spacial score (nSPS) is 22.2. The van der Waals surface area contributed by atoms with Crippen LogP contribution in [0, 0.1) is 0 Å². The average Bonchev–Trinajstić information content (AvgIpc) is 2.40. The predicted octanol–water partition coefficient (Wildman–Crippen LogP) is 3.20. The second kappa shape index (κ2) is 5.45. The first-order chi connectivity index (χ1) is 9.60. The van der Waals surface area contributed by atoms with Crippen LogP contribution in [0.4, 0.5) is 0 Å². The summed E-state index contributed by atoms with van der Waals surface area (Å²) in [6.07, 6.45) is 0. The lowest BCUT2D eigenvalue weighted by atomic mass is 9.86. The van der Waals surface area contributed by atoms with Crippen LogP contribution in [0.2, 0.25) is 0 Å². The van der Waals surface area contributed by atoms with Crippen LogP contribution in [0.1, 0.15) is 57.5 Å². The highest BCUT2D eigenvalue weighted by Gasteiger charge is 2.33. The van der Waals surface area contributed by atoms with Crippen molar-refractivity contribution in [2.24, 2.45) is 0 Å². The Morgan fingerprint density at radius 2 is 1.81 bits per heavy atom. The predicted molar refractivity (Wildman–Crippen MR) is 87.7 cm³/mol. The number of carbonyl (C=O) groups excluding carboxylic acids is 1. The first kappa shape index (κ1) is 16.0. The summed E-state index contributed by atoms with van der Waals surface area (Å²) < 4.78 is 0. The average molecular weight is 288 g/mol. The van der Waals surface area contributed by atoms with Gasteiger partial charge in [0.05, 0.1) is 0 Å².